The van der Waals surface area contributed by atoms with Gasteiger partial charge < -0.3 is 60.6 Å². The number of aliphatic imine (C=N–C) groups is 1. The molecule has 0 bridgehead atoms. The summed E-state index contributed by atoms with van der Waals surface area (Å²) in [4.78, 5) is 4.42. The standard InChI is InChI=1S/C21H33N3O10.ClH/c1-32-20-18(31)16(29)13(26)11(34-20)8-23-21(22-7-10-5-3-2-4-6-10)24-19-17(30)15(28)14(27)12(9-25)33-19;/h2-6,11-20,25-31H,7-9H2,1H3,(H2,22,23,24);1H/t11-,12-,13-,14-,15+,16+,17-,18-,19-,20+;/m1./s1. The van der Waals surface area contributed by atoms with Crippen molar-refractivity contribution < 1.29 is 50.0 Å². The van der Waals surface area contributed by atoms with E-state index >= 15 is 0 Å². The van der Waals surface area contributed by atoms with Gasteiger partial charge in [-0.3, -0.25) is 0 Å². The summed E-state index contributed by atoms with van der Waals surface area (Å²) < 4.78 is 16.0. The molecule has 2 heterocycles. The van der Waals surface area contributed by atoms with Crippen LogP contribution in [-0.2, 0) is 20.8 Å². The molecule has 13 nitrogen and oxygen atoms in total. The number of aliphatic hydroxyl groups is 7. The number of halogens is 1. The van der Waals surface area contributed by atoms with Gasteiger partial charge >= 0.3 is 0 Å². The second-order valence-electron chi connectivity index (χ2n) is 8.18. The maximum Gasteiger partial charge on any atom is 0.193 e. The number of hydrogen-bond acceptors (Lipinski definition) is 11. The Morgan fingerprint density at radius 3 is 2.14 bits per heavy atom. The van der Waals surface area contributed by atoms with Crippen LogP contribution in [0.1, 0.15) is 5.56 Å². The number of ether oxygens (including phenoxy) is 3. The van der Waals surface area contributed by atoms with Crippen LogP contribution in [0.15, 0.2) is 35.3 Å². The van der Waals surface area contributed by atoms with E-state index in [1.165, 1.54) is 7.11 Å². The van der Waals surface area contributed by atoms with Gasteiger partial charge in [-0.15, -0.1) is 12.4 Å². The Bertz CT molecular complexity index is 790. The molecule has 2 saturated heterocycles. The zero-order valence-corrected chi connectivity index (χ0v) is 19.8. The number of hydrogen-bond donors (Lipinski definition) is 9. The Kier molecular flexibility index (Phi) is 11.5. The topological polar surface area (TPSA) is 206 Å². The van der Waals surface area contributed by atoms with Crippen molar-refractivity contribution in [2.24, 2.45) is 4.99 Å². The lowest BCUT2D eigenvalue weighted by atomic mass is 9.98. The summed E-state index contributed by atoms with van der Waals surface area (Å²) in [6, 6.07) is 9.24. The molecule has 0 radical (unpaired) electrons. The molecule has 1 aromatic carbocycles. The molecular formula is C21H34ClN3O10. The second kappa shape index (κ2) is 13.6. The van der Waals surface area contributed by atoms with Crippen molar-refractivity contribution in [1.29, 1.82) is 0 Å². The van der Waals surface area contributed by atoms with Crippen LogP contribution in [0.2, 0.25) is 0 Å². The number of benzene rings is 1. The van der Waals surface area contributed by atoms with Gasteiger partial charge in [0.1, 0.15) is 48.8 Å². The van der Waals surface area contributed by atoms with Gasteiger partial charge in [-0.1, -0.05) is 30.3 Å². The lowest BCUT2D eigenvalue weighted by Crippen LogP contribution is -2.65. The fraction of sp³-hybridized carbons (Fsp3) is 0.667. The van der Waals surface area contributed by atoms with E-state index in [4.69, 9.17) is 14.2 Å². The summed E-state index contributed by atoms with van der Waals surface area (Å²) in [7, 11) is 1.29. The molecule has 2 aliphatic heterocycles. The third-order valence-corrected chi connectivity index (χ3v) is 5.81. The highest BCUT2D eigenvalue weighted by Gasteiger charge is 2.45. The molecule has 0 unspecified atom stereocenters. The van der Waals surface area contributed by atoms with Gasteiger partial charge in [0.2, 0.25) is 0 Å². The average molecular weight is 524 g/mol. The smallest absolute Gasteiger partial charge is 0.193 e. The molecule has 2 fully saturated rings. The van der Waals surface area contributed by atoms with Crippen LogP contribution in [0, 0.1) is 0 Å². The molecule has 0 aliphatic carbocycles. The Morgan fingerprint density at radius 2 is 1.51 bits per heavy atom. The van der Waals surface area contributed by atoms with E-state index in [9.17, 15) is 35.7 Å². The molecule has 0 aromatic heterocycles. The number of nitrogens with one attached hydrogen (secondary N) is 2. The molecule has 3 rings (SSSR count). The third kappa shape index (κ3) is 7.21. The summed E-state index contributed by atoms with van der Waals surface area (Å²) in [5, 5.41) is 75.8. The molecule has 200 valence electrons. The van der Waals surface area contributed by atoms with Gasteiger partial charge in [0.05, 0.1) is 13.2 Å². The lowest BCUT2D eigenvalue weighted by Gasteiger charge is -2.41. The first-order valence-corrected chi connectivity index (χ1v) is 10.9. The minimum atomic E-state index is -1.58. The fourth-order valence-electron chi connectivity index (χ4n) is 3.74. The van der Waals surface area contributed by atoms with Gasteiger partial charge in [-0.2, -0.15) is 0 Å². The second-order valence-corrected chi connectivity index (χ2v) is 8.18. The minimum Gasteiger partial charge on any atom is -0.394 e. The summed E-state index contributed by atoms with van der Waals surface area (Å²) >= 11 is 0. The van der Waals surface area contributed by atoms with Crippen LogP contribution in [0.4, 0.5) is 0 Å². The van der Waals surface area contributed by atoms with Crippen molar-refractivity contribution in [1.82, 2.24) is 10.6 Å². The number of guanidine groups is 1. The van der Waals surface area contributed by atoms with Crippen molar-refractivity contribution in [3.8, 4) is 0 Å². The summed E-state index contributed by atoms with van der Waals surface area (Å²) in [6.45, 7) is -0.472. The highest BCUT2D eigenvalue weighted by atomic mass is 35.5. The quantitative estimate of drug-likeness (QED) is 0.125. The Hall–Kier alpha value is -1.62. The zero-order chi connectivity index (χ0) is 24.8. The van der Waals surface area contributed by atoms with Crippen LogP contribution in [0.3, 0.4) is 0 Å². The van der Waals surface area contributed by atoms with E-state index < -0.39 is 68.0 Å². The maximum atomic E-state index is 10.3. The largest absolute Gasteiger partial charge is 0.394 e. The van der Waals surface area contributed by atoms with Gasteiger partial charge in [0, 0.05) is 13.7 Å². The Labute approximate surface area is 208 Å². The van der Waals surface area contributed by atoms with Crippen LogP contribution >= 0.6 is 12.4 Å². The molecule has 35 heavy (non-hydrogen) atoms. The average Bonchev–Trinajstić information content (AvgIpc) is 2.85. The van der Waals surface area contributed by atoms with E-state index in [0.29, 0.717) is 0 Å². The van der Waals surface area contributed by atoms with Crippen molar-refractivity contribution in [3.05, 3.63) is 35.9 Å². The normalized spacial score (nSPS) is 37.9. The Balaban J connectivity index is 0.00000432. The number of methoxy groups -OCH3 is 1. The Morgan fingerprint density at radius 1 is 0.886 bits per heavy atom. The lowest BCUT2D eigenvalue weighted by molar-refractivity contribution is -0.288. The van der Waals surface area contributed by atoms with Crippen LogP contribution < -0.4 is 10.6 Å². The number of nitrogens with zero attached hydrogens (tertiary/aromatic N) is 1. The van der Waals surface area contributed by atoms with Gasteiger partial charge in [-0.25, -0.2) is 4.99 Å². The number of aliphatic hydroxyl groups excluding tert-OH is 7. The molecule has 2 aliphatic rings. The van der Waals surface area contributed by atoms with Crippen LogP contribution in [0.5, 0.6) is 0 Å². The van der Waals surface area contributed by atoms with E-state index in [2.05, 4.69) is 15.6 Å². The van der Waals surface area contributed by atoms with Crippen molar-refractivity contribution in [3.63, 3.8) is 0 Å². The van der Waals surface area contributed by atoms with E-state index in [-0.39, 0.29) is 31.5 Å². The van der Waals surface area contributed by atoms with E-state index in [1.807, 2.05) is 30.3 Å². The molecule has 9 N–H and O–H groups in total. The molecule has 0 spiro atoms. The predicted molar refractivity (Wildman–Crippen MR) is 123 cm³/mol. The molecule has 14 heteroatoms. The van der Waals surface area contributed by atoms with E-state index in [0.717, 1.165) is 5.56 Å². The van der Waals surface area contributed by atoms with Gasteiger partial charge in [-0.05, 0) is 5.56 Å². The minimum absolute atomic E-state index is 0. The van der Waals surface area contributed by atoms with Crippen molar-refractivity contribution in [2.45, 2.75) is 67.9 Å². The summed E-state index contributed by atoms with van der Waals surface area (Å²) in [5.41, 5.74) is 0.865. The maximum absolute atomic E-state index is 10.3. The van der Waals surface area contributed by atoms with Crippen molar-refractivity contribution in [2.75, 3.05) is 20.3 Å². The van der Waals surface area contributed by atoms with Crippen molar-refractivity contribution >= 4 is 18.4 Å². The first-order chi connectivity index (χ1) is 16.3. The van der Waals surface area contributed by atoms with E-state index in [1.54, 1.807) is 0 Å². The highest BCUT2D eigenvalue weighted by molar-refractivity contribution is 5.85. The third-order valence-electron chi connectivity index (χ3n) is 5.81. The summed E-state index contributed by atoms with van der Waals surface area (Å²) in [6.07, 6.45) is -13.5. The molecule has 10 atom stereocenters. The number of rotatable bonds is 7. The first-order valence-electron chi connectivity index (χ1n) is 10.9. The van der Waals surface area contributed by atoms with Crippen LogP contribution in [-0.4, -0.2) is 123 Å². The summed E-state index contributed by atoms with van der Waals surface area (Å²) in [5.74, 6) is 0.0820. The molecule has 0 saturated carbocycles. The highest BCUT2D eigenvalue weighted by Crippen LogP contribution is 2.22. The molecule has 1 aromatic rings. The fourth-order valence-corrected chi connectivity index (χ4v) is 3.74. The first kappa shape index (κ1) is 29.6. The predicted octanol–water partition coefficient (Wildman–Crippen LogP) is -3.60. The van der Waals surface area contributed by atoms with Gasteiger partial charge in [0.15, 0.2) is 18.5 Å². The monoisotopic (exact) mass is 523 g/mol. The molecule has 0 amide bonds. The zero-order valence-electron chi connectivity index (χ0n) is 19.0. The van der Waals surface area contributed by atoms with Gasteiger partial charge in [0.25, 0.3) is 0 Å². The SMILES string of the molecule is CO[C@H]1O[C@H](CNC(=NCc2ccccc2)N[C@@H]2O[C@H](CO)[C@@H](O)[C@H](O)[C@H]2O)[C@@H](O)[C@H](O)[C@H]1O.Cl. The molecular weight excluding hydrogens is 490 g/mol. The van der Waals surface area contributed by atoms with Crippen LogP contribution in [0.25, 0.3) is 0 Å².